The number of benzene rings is 1. The quantitative estimate of drug-likeness (QED) is 0.875. The lowest BCUT2D eigenvalue weighted by Crippen LogP contribution is -2.36. The Morgan fingerprint density at radius 2 is 2.05 bits per heavy atom. The largest absolute Gasteiger partial charge is 0.316 e. The van der Waals surface area contributed by atoms with Gasteiger partial charge in [0.25, 0.3) is 0 Å². The molecule has 0 heterocycles. The van der Waals surface area contributed by atoms with Gasteiger partial charge in [-0.1, -0.05) is 6.07 Å². The Hall–Kier alpha value is -0.910. The van der Waals surface area contributed by atoms with Crippen molar-refractivity contribution in [2.45, 2.75) is 44.2 Å². The highest BCUT2D eigenvalue weighted by Crippen LogP contribution is 2.36. The van der Waals surface area contributed by atoms with Crippen molar-refractivity contribution in [1.82, 2.24) is 9.62 Å². The summed E-state index contributed by atoms with van der Waals surface area (Å²) in [6.45, 7) is 4.68. The maximum atomic E-state index is 12.7. The summed E-state index contributed by atoms with van der Waals surface area (Å²) in [5.74, 6) is 0.525. The summed E-state index contributed by atoms with van der Waals surface area (Å²) in [7, 11) is 0.158. The molecular weight excluding hydrogens is 272 g/mol. The van der Waals surface area contributed by atoms with Crippen LogP contribution in [0.25, 0.3) is 0 Å². The molecule has 1 saturated carbocycles. The van der Waals surface area contributed by atoms with Crippen molar-refractivity contribution < 1.29 is 8.42 Å². The first-order chi connectivity index (χ1) is 9.37. The first-order valence-electron chi connectivity index (χ1n) is 7.10. The van der Waals surface area contributed by atoms with Crippen molar-refractivity contribution >= 4 is 10.0 Å². The number of hydrogen-bond acceptors (Lipinski definition) is 3. The highest BCUT2D eigenvalue weighted by atomic mass is 32.2. The smallest absolute Gasteiger partial charge is 0.243 e. The molecule has 20 heavy (non-hydrogen) atoms. The van der Waals surface area contributed by atoms with Crippen LogP contribution in [0.5, 0.6) is 0 Å². The van der Waals surface area contributed by atoms with Crippen LogP contribution >= 0.6 is 0 Å². The van der Waals surface area contributed by atoms with Gasteiger partial charge in [-0.2, -0.15) is 4.31 Å². The topological polar surface area (TPSA) is 49.4 Å². The summed E-state index contributed by atoms with van der Waals surface area (Å²) in [6, 6.07) is 5.46. The number of nitrogens with one attached hydrogen (secondary N) is 1. The van der Waals surface area contributed by atoms with E-state index in [9.17, 15) is 8.42 Å². The van der Waals surface area contributed by atoms with E-state index in [1.807, 2.05) is 27.0 Å². The number of rotatable bonds is 6. The van der Waals surface area contributed by atoms with Crippen LogP contribution in [0.15, 0.2) is 23.1 Å². The molecule has 0 saturated heterocycles. The van der Waals surface area contributed by atoms with Crippen LogP contribution < -0.4 is 5.32 Å². The molecule has 0 bridgehead atoms. The summed E-state index contributed by atoms with van der Waals surface area (Å²) in [5, 5.41) is 3.08. The van der Waals surface area contributed by atoms with Crippen molar-refractivity contribution in [2.24, 2.45) is 5.92 Å². The fourth-order valence-corrected chi connectivity index (χ4v) is 3.92. The van der Waals surface area contributed by atoms with Crippen molar-refractivity contribution in [1.29, 1.82) is 0 Å². The van der Waals surface area contributed by atoms with E-state index in [0.717, 1.165) is 24.0 Å². The third kappa shape index (κ3) is 3.05. The Kier molecular flexibility index (Phi) is 4.52. The lowest BCUT2D eigenvalue weighted by atomic mass is 10.1. The Bertz CT molecular complexity index is 580. The predicted molar refractivity (Wildman–Crippen MR) is 81.1 cm³/mol. The standard InChI is InChI=1S/C15H24N2O2S/c1-11-5-8-15(9-14(11)10-16-3)20(18,19)17(4)12(2)13-6-7-13/h5,8-9,12-13,16H,6-7,10H2,1-4H3. The van der Waals surface area contributed by atoms with E-state index in [1.54, 1.807) is 19.2 Å². The molecule has 0 aliphatic heterocycles. The van der Waals surface area contributed by atoms with Gasteiger partial charge in [0.05, 0.1) is 4.90 Å². The second-order valence-electron chi connectivity index (χ2n) is 5.72. The van der Waals surface area contributed by atoms with Crippen molar-refractivity contribution in [2.75, 3.05) is 14.1 Å². The normalized spacial score (nSPS) is 17.4. The SMILES string of the molecule is CNCc1cc(S(=O)(=O)N(C)C(C)C2CC2)ccc1C. The van der Waals surface area contributed by atoms with E-state index in [-0.39, 0.29) is 6.04 Å². The van der Waals surface area contributed by atoms with Gasteiger partial charge >= 0.3 is 0 Å². The molecule has 1 aliphatic rings. The van der Waals surface area contributed by atoms with Gasteiger partial charge < -0.3 is 5.32 Å². The van der Waals surface area contributed by atoms with Crippen LogP contribution in [0, 0.1) is 12.8 Å². The summed E-state index contributed by atoms with van der Waals surface area (Å²) < 4.78 is 26.9. The van der Waals surface area contributed by atoms with Gasteiger partial charge in [0.2, 0.25) is 10.0 Å². The molecule has 1 aromatic carbocycles. The fraction of sp³-hybridized carbons (Fsp3) is 0.600. The third-order valence-electron chi connectivity index (χ3n) is 4.24. The van der Waals surface area contributed by atoms with Gasteiger partial charge in [-0.3, -0.25) is 0 Å². The minimum atomic E-state index is -3.40. The van der Waals surface area contributed by atoms with E-state index in [2.05, 4.69) is 5.32 Å². The average Bonchev–Trinajstić information content (AvgIpc) is 3.24. The molecule has 5 heteroatoms. The summed E-state index contributed by atoms with van der Waals surface area (Å²) >= 11 is 0. The molecule has 1 fully saturated rings. The van der Waals surface area contributed by atoms with Crippen LogP contribution in [-0.2, 0) is 16.6 Å². The molecule has 2 rings (SSSR count). The van der Waals surface area contributed by atoms with Gasteiger partial charge in [0.1, 0.15) is 0 Å². The van der Waals surface area contributed by atoms with E-state index in [1.165, 1.54) is 4.31 Å². The number of sulfonamides is 1. The number of hydrogen-bond donors (Lipinski definition) is 1. The zero-order valence-corrected chi connectivity index (χ0v) is 13.5. The molecule has 1 aliphatic carbocycles. The molecule has 1 atom stereocenters. The predicted octanol–water partition coefficient (Wildman–Crippen LogP) is 2.13. The Morgan fingerprint density at radius 3 is 2.60 bits per heavy atom. The minimum Gasteiger partial charge on any atom is -0.316 e. The molecule has 112 valence electrons. The van der Waals surface area contributed by atoms with Crippen LogP contribution in [0.1, 0.15) is 30.9 Å². The third-order valence-corrected chi connectivity index (χ3v) is 6.18. The molecule has 1 N–H and O–H groups in total. The van der Waals surface area contributed by atoms with Gasteiger partial charge in [-0.05, 0) is 62.9 Å². The molecule has 0 spiro atoms. The summed E-state index contributed by atoms with van der Waals surface area (Å²) in [4.78, 5) is 0.392. The lowest BCUT2D eigenvalue weighted by Gasteiger charge is -2.24. The minimum absolute atomic E-state index is 0.0778. The highest BCUT2D eigenvalue weighted by molar-refractivity contribution is 7.89. The lowest BCUT2D eigenvalue weighted by molar-refractivity contribution is 0.357. The second kappa shape index (κ2) is 5.84. The molecule has 0 aromatic heterocycles. The van der Waals surface area contributed by atoms with Crippen molar-refractivity contribution in [3.63, 3.8) is 0 Å². The van der Waals surface area contributed by atoms with Gasteiger partial charge in [-0.15, -0.1) is 0 Å². The molecule has 4 nitrogen and oxygen atoms in total. The Labute approximate surface area is 122 Å². The summed E-state index contributed by atoms with van der Waals surface area (Å²) in [5.41, 5.74) is 2.14. The molecule has 0 radical (unpaired) electrons. The molecule has 1 unspecified atom stereocenters. The Morgan fingerprint density at radius 1 is 1.40 bits per heavy atom. The first kappa shape index (κ1) is 15.5. The summed E-state index contributed by atoms with van der Waals surface area (Å²) in [6.07, 6.45) is 2.28. The first-order valence-corrected chi connectivity index (χ1v) is 8.54. The van der Waals surface area contributed by atoms with Crippen LogP contribution in [-0.4, -0.2) is 32.9 Å². The zero-order chi connectivity index (χ0) is 14.9. The maximum Gasteiger partial charge on any atom is 0.243 e. The van der Waals surface area contributed by atoms with E-state index < -0.39 is 10.0 Å². The molecule has 0 amide bonds. The molecule has 1 aromatic rings. The molecular formula is C15H24N2O2S. The van der Waals surface area contributed by atoms with Gasteiger partial charge in [0, 0.05) is 19.6 Å². The average molecular weight is 296 g/mol. The van der Waals surface area contributed by atoms with Crippen molar-refractivity contribution in [3.8, 4) is 0 Å². The van der Waals surface area contributed by atoms with Crippen LogP contribution in [0.3, 0.4) is 0 Å². The van der Waals surface area contributed by atoms with Gasteiger partial charge in [-0.25, -0.2) is 8.42 Å². The Balaban J connectivity index is 2.30. The van der Waals surface area contributed by atoms with Crippen molar-refractivity contribution in [3.05, 3.63) is 29.3 Å². The zero-order valence-electron chi connectivity index (χ0n) is 12.7. The van der Waals surface area contributed by atoms with E-state index in [4.69, 9.17) is 0 Å². The highest BCUT2D eigenvalue weighted by Gasteiger charge is 2.36. The maximum absolute atomic E-state index is 12.7. The monoisotopic (exact) mass is 296 g/mol. The van der Waals surface area contributed by atoms with E-state index in [0.29, 0.717) is 17.4 Å². The number of aryl methyl sites for hydroxylation is 1. The fourth-order valence-electron chi connectivity index (χ4n) is 2.45. The van der Waals surface area contributed by atoms with Gasteiger partial charge in [0.15, 0.2) is 0 Å². The second-order valence-corrected chi connectivity index (χ2v) is 7.72. The number of nitrogens with zero attached hydrogens (tertiary/aromatic N) is 1. The van der Waals surface area contributed by atoms with Crippen LogP contribution in [0.4, 0.5) is 0 Å². The van der Waals surface area contributed by atoms with E-state index >= 15 is 0 Å². The van der Waals surface area contributed by atoms with Crippen LogP contribution in [0.2, 0.25) is 0 Å².